The molecule has 0 radical (unpaired) electrons. The number of nitrogens with zero attached hydrogens (tertiary/aromatic N) is 4. The molecule has 0 unspecified atom stereocenters. The van der Waals surface area contributed by atoms with Crippen LogP contribution in [-0.2, 0) is 48.1 Å². The zero-order valence-electron chi connectivity index (χ0n) is 76.5. The fourth-order valence-electron chi connectivity index (χ4n) is 19.2. The van der Waals surface area contributed by atoms with Gasteiger partial charge in [0.15, 0.2) is 11.5 Å². The summed E-state index contributed by atoms with van der Waals surface area (Å²) in [5.74, 6) is 0.423. The Balaban J connectivity index is 0.000000108. The van der Waals surface area contributed by atoms with Crippen LogP contribution in [0.1, 0.15) is 161 Å². The van der Waals surface area contributed by atoms with Crippen molar-refractivity contribution in [3.63, 3.8) is 0 Å². The summed E-state index contributed by atoms with van der Waals surface area (Å²) in [5, 5.41) is 5.06. The Bertz CT molecular complexity index is 6780. The molecule has 23 rings (SSSR count). The highest BCUT2D eigenvalue weighted by Gasteiger charge is 2.56. The molecule has 0 bridgehead atoms. The molecule has 0 amide bonds. The predicted molar refractivity (Wildman–Crippen MR) is 521 cm³/mol. The van der Waals surface area contributed by atoms with Crippen LogP contribution in [-0.4, -0.2) is 77.7 Å². The molecule has 0 atom stereocenters. The van der Waals surface area contributed by atoms with E-state index in [1.54, 1.807) is 0 Å². The topological polar surface area (TPSA) is 97.2 Å². The van der Waals surface area contributed by atoms with Crippen molar-refractivity contribution in [2.45, 2.75) is 204 Å². The van der Waals surface area contributed by atoms with Crippen molar-refractivity contribution in [1.82, 2.24) is 4.40 Å². The molecule has 4 fully saturated rings. The SMILES string of the molecule is CC1(C)OB(c2cc3c4ccccc4n4c5ccccc5c(c2)c34)OC1(C)C.CC1(C)OB(c2ccc3c(c2)N(c2ccccc2)c2ccccc2O3)OC1(C)C.CC1(C)c2ccccc2-c2ccc(N3c4ccccc4Sc4ccc(B5OC(C)(C)C(C)(C)O5)cc43)cc21.CC1(C)c2ccccc2N(c2cc(F)cc(F)c2)c2cc(B3OC(C)(C)C(C)(C)O3)ccc21. The molecule has 20 heteroatoms. The lowest BCUT2D eigenvalue weighted by Gasteiger charge is -2.42. The van der Waals surface area contributed by atoms with Gasteiger partial charge in [0.25, 0.3) is 0 Å². The fourth-order valence-corrected chi connectivity index (χ4v) is 20.2. The fraction of sp³-hybridized carbons (Fsp3) is 0.278. The molecule has 128 heavy (non-hydrogen) atoms. The minimum atomic E-state index is -0.615. The van der Waals surface area contributed by atoms with E-state index in [0.717, 1.165) is 84.7 Å². The number of ether oxygens (including phenoxy) is 1. The second-order valence-corrected chi connectivity index (χ2v) is 41.2. The number of fused-ring (bicyclic) bond motifs is 15. The Morgan fingerprint density at radius 3 is 1.23 bits per heavy atom. The summed E-state index contributed by atoms with van der Waals surface area (Å²) in [5.41, 5.74) is 20.6. The summed E-state index contributed by atoms with van der Waals surface area (Å²) in [7, 11) is -1.71. The predicted octanol–water partition coefficient (Wildman–Crippen LogP) is 25.3. The van der Waals surface area contributed by atoms with Gasteiger partial charge in [-0.05, 0) is 275 Å². The van der Waals surface area contributed by atoms with Crippen LogP contribution < -0.4 is 41.3 Å². The van der Waals surface area contributed by atoms with Crippen LogP contribution in [0.3, 0.4) is 0 Å². The third kappa shape index (κ3) is 14.0. The molecule has 9 heterocycles. The molecule has 15 aromatic rings. The highest BCUT2D eigenvalue weighted by Crippen LogP contribution is 2.58. The van der Waals surface area contributed by atoms with Gasteiger partial charge < -0.3 is 61.1 Å². The van der Waals surface area contributed by atoms with Gasteiger partial charge in [0.1, 0.15) is 11.6 Å². The van der Waals surface area contributed by atoms with Crippen molar-refractivity contribution in [2.24, 2.45) is 0 Å². The highest BCUT2D eigenvalue weighted by atomic mass is 32.2. The zero-order chi connectivity index (χ0) is 89.7. The van der Waals surface area contributed by atoms with Gasteiger partial charge >= 0.3 is 28.5 Å². The Morgan fingerprint density at radius 2 is 0.656 bits per heavy atom. The highest BCUT2D eigenvalue weighted by molar-refractivity contribution is 7.99. The lowest BCUT2D eigenvalue weighted by Crippen LogP contribution is -2.41. The van der Waals surface area contributed by atoms with Gasteiger partial charge in [-0.1, -0.05) is 203 Å². The number of para-hydroxylation sites is 7. The lowest BCUT2D eigenvalue weighted by atomic mass is 9.70. The molecule has 8 aliphatic rings. The molecular formula is C108H106B4F2N4O9S. The Morgan fingerprint density at radius 1 is 0.258 bits per heavy atom. The van der Waals surface area contributed by atoms with Gasteiger partial charge in [0, 0.05) is 65.3 Å². The van der Waals surface area contributed by atoms with Crippen molar-refractivity contribution in [1.29, 1.82) is 0 Å². The molecule has 1 aliphatic carbocycles. The van der Waals surface area contributed by atoms with E-state index in [9.17, 15) is 8.78 Å². The van der Waals surface area contributed by atoms with E-state index in [1.165, 1.54) is 93.6 Å². The van der Waals surface area contributed by atoms with E-state index < -0.39 is 44.2 Å². The second-order valence-electron chi connectivity index (χ2n) is 40.1. The average molecular weight is 1720 g/mol. The Kier molecular flexibility index (Phi) is 20.2. The van der Waals surface area contributed by atoms with E-state index in [-0.39, 0.29) is 51.6 Å². The first-order valence-electron chi connectivity index (χ1n) is 44.5. The van der Waals surface area contributed by atoms with Gasteiger partial charge in [0.2, 0.25) is 0 Å². The summed E-state index contributed by atoms with van der Waals surface area (Å²) in [4.78, 5) is 9.05. The number of benzene rings is 13. The van der Waals surface area contributed by atoms with Crippen LogP contribution in [0.2, 0.25) is 0 Å². The molecule has 13 nitrogen and oxygen atoms in total. The molecule has 644 valence electrons. The minimum Gasteiger partial charge on any atom is -0.453 e. The normalized spacial score (nSPS) is 19.3. The summed E-state index contributed by atoms with van der Waals surface area (Å²) in [6.45, 7) is 42.2. The third-order valence-corrected chi connectivity index (χ3v) is 30.3. The quantitative estimate of drug-likeness (QED) is 0.142. The molecule has 0 N–H and O–H groups in total. The summed E-state index contributed by atoms with van der Waals surface area (Å²) < 4.78 is 87.8. The summed E-state index contributed by atoms with van der Waals surface area (Å²) in [6.07, 6.45) is 0. The monoisotopic (exact) mass is 1720 g/mol. The van der Waals surface area contributed by atoms with Gasteiger partial charge in [-0.15, -0.1) is 0 Å². The maximum Gasteiger partial charge on any atom is 0.494 e. The molecule has 13 aromatic carbocycles. The number of halogens is 2. The molecule has 7 aliphatic heterocycles. The summed E-state index contributed by atoms with van der Waals surface area (Å²) in [6, 6.07) is 95.2. The van der Waals surface area contributed by atoms with Crippen LogP contribution in [0, 0.1) is 11.6 Å². The van der Waals surface area contributed by atoms with E-state index >= 15 is 0 Å². The molecule has 4 saturated heterocycles. The Hall–Kier alpha value is -11.0. The minimum absolute atomic E-state index is 0.0562. The third-order valence-electron chi connectivity index (χ3n) is 29.1. The average Bonchev–Trinajstić information content (AvgIpc) is 1.52. The van der Waals surface area contributed by atoms with Crippen LogP contribution in [0.25, 0.3) is 49.2 Å². The Labute approximate surface area is 755 Å². The van der Waals surface area contributed by atoms with E-state index in [0.29, 0.717) is 5.69 Å². The van der Waals surface area contributed by atoms with Crippen molar-refractivity contribution >= 4 is 151 Å². The molecule has 0 saturated carbocycles. The smallest absolute Gasteiger partial charge is 0.453 e. The van der Waals surface area contributed by atoms with Crippen molar-refractivity contribution < 1.29 is 50.8 Å². The lowest BCUT2D eigenvalue weighted by molar-refractivity contribution is 0.00578. The van der Waals surface area contributed by atoms with Crippen molar-refractivity contribution in [2.75, 3.05) is 14.7 Å². The van der Waals surface area contributed by atoms with Crippen LogP contribution >= 0.6 is 11.8 Å². The molecule has 2 aromatic heterocycles. The van der Waals surface area contributed by atoms with Gasteiger partial charge in [-0.2, -0.15) is 0 Å². The van der Waals surface area contributed by atoms with Gasteiger partial charge in [-0.25, -0.2) is 8.78 Å². The largest absolute Gasteiger partial charge is 0.494 e. The zero-order valence-corrected chi connectivity index (χ0v) is 77.3. The number of anilines is 9. The summed E-state index contributed by atoms with van der Waals surface area (Å²) >= 11 is 1.82. The second kappa shape index (κ2) is 30.3. The van der Waals surface area contributed by atoms with E-state index in [2.05, 4.69) is 307 Å². The van der Waals surface area contributed by atoms with Crippen molar-refractivity contribution in [3.05, 3.63) is 313 Å². The maximum absolute atomic E-state index is 14.3. The van der Waals surface area contributed by atoms with Gasteiger partial charge in [-0.3, -0.25) is 0 Å². The van der Waals surface area contributed by atoms with Crippen LogP contribution in [0.15, 0.2) is 289 Å². The first-order valence-corrected chi connectivity index (χ1v) is 45.3. The number of hydrogen-bond acceptors (Lipinski definition) is 13. The maximum atomic E-state index is 14.3. The molecule has 0 spiro atoms. The van der Waals surface area contributed by atoms with Gasteiger partial charge in [0.05, 0.1) is 95.5 Å². The van der Waals surface area contributed by atoms with Crippen LogP contribution in [0.4, 0.5) is 60.0 Å². The number of rotatable bonds is 7. The first-order chi connectivity index (χ1) is 60.7. The number of aromatic nitrogens is 1. The van der Waals surface area contributed by atoms with Crippen LogP contribution in [0.5, 0.6) is 11.5 Å². The van der Waals surface area contributed by atoms with E-state index in [4.69, 9.17) is 42.0 Å². The standard InChI is InChI=1S/C33H32BNO2S.C27H28BF2NO2.C24H24BNO3.C24H22BNO2/c1-31(2)25-12-8-7-11-23(25)24-17-16-22(20-26(24)31)35-27-13-9-10-14-29(27)38-30-18-15-21(19-28(30)35)34-36-32(3,4)33(5,6)37-34;1-25(2)21-9-7-8-10-23(21)31(20-15-18(29)14-19(30)16-20)24-13-17(11-12-22(24)25)28-32-26(3,4)27(5,6)33-28;1-23(2)24(3,4)29-25(28-23)17-14-15-22-20(16-17)26(18-10-6-5-7-11-18)19-12-8-9-13-21(19)27-22;1-23(2)24(3,4)28-25(27-23)15-13-18-16-9-5-7-11-20(16)26-21-12-8-6-10-17(21)19(14-15)22(18)26/h7-20H,1-6H3;7-16H,1-6H3;5-16H,1-4H3;5-14H,1-4H3. The molecular weight excluding hydrogens is 1610 g/mol. The van der Waals surface area contributed by atoms with Crippen molar-refractivity contribution in [3.8, 4) is 22.6 Å². The first kappa shape index (κ1) is 85.1. The number of hydrogen-bond donors (Lipinski definition) is 0. The van der Waals surface area contributed by atoms with E-state index in [1.807, 2.05) is 123 Å².